The van der Waals surface area contributed by atoms with Crippen LogP contribution in [-0.2, 0) is 14.3 Å². The largest absolute Gasteiger partial charge is 0.384 e. The zero-order valence-corrected chi connectivity index (χ0v) is 19.4. The van der Waals surface area contributed by atoms with E-state index in [4.69, 9.17) is 39.5 Å². The maximum absolute atomic E-state index is 14.8. The number of carbonyl (C=O) groups excluding carboxylic acids is 3. The minimum Gasteiger partial charge on any atom is -0.384 e. The highest BCUT2D eigenvalue weighted by molar-refractivity contribution is 6.52. The van der Waals surface area contributed by atoms with E-state index < -0.39 is 45.3 Å². The summed E-state index contributed by atoms with van der Waals surface area (Å²) < 4.78 is 32.5. The number of halogens is 5. The normalized spacial score (nSPS) is 16.1. The van der Waals surface area contributed by atoms with Crippen molar-refractivity contribution in [2.45, 2.75) is 17.2 Å². The van der Waals surface area contributed by atoms with Crippen LogP contribution in [0.5, 0.6) is 0 Å². The summed E-state index contributed by atoms with van der Waals surface area (Å²) in [6.07, 6.45) is 0.187. The average Bonchev–Trinajstić information content (AvgIpc) is 3.41. The number of hydrogen-bond acceptors (Lipinski definition) is 4. The lowest BCUT2D eigenvalue weighted by molar-refractivity contribution is -0.118. The van der Waals surface area contributed by atoms with Gasteiger partial charge in [-0.25, -0.2) is 8.78 Å². The van der Waals surface area contributed by atoms with Crippen molar-refractivity contribution in [2.75, 3.05) is 29.7 Å². The predicted molar refractivity (Wildman–Crippen MR) is 122 cm³/mol. The second-order valence-electron chi connectivity index (χ2n) is 7.23. The van der Waals surface area contributed by atoms with Crippen LogP contribution < -0.4 is 16.0 Å². The molecule has 0 saturated heterocycles. The molecule has 12 heteroatoms. The van der Waals surface area contributed by atoms with Gasteiger partial charge in [-0.3, -0.25) is 14.4 Å². The summed E-state index contributed by atoms with van der Waals surface area (Å²) in [5, 5.41) is 7.01. The molecule has 3 rings (SSSR count). The highest BCUT2D eigenvalue weighted by atomic mass is 35.5. The average molecular weight is 521 g/mol. The van der Waals surface area contributed by atoms with E-state index >= 15 is 0 Å². The molecule has 1 unspecified atom stereocenters. The van der Waals surface area contributed by atoms with Crippen LogP contribution in [0.25, 0.3) is 0 Å². The van der Waals surface area contributed by atoms with Crippen molar-refractivity contribution in [1.82, 2.24) is 0 Å². The molecule has 176 valence electrons. The molecule has 1 atom stereocenters. The quantitative estimate of drug-likeness (QED) is 0.428. The predicted octanol–water partition coefficient (Wildman–Crippen LogP) is 4.98. The van der Waals surface area contributed by atoms with Crippen molar-refractivity contribution in [2.24, 2.45) is 5.92 Å². The van der Waals surface area contributed by atoms with Crippen molar-refractivity contribution in [1.29, 1.82) is 0 Å². The number of carbonyl (C=O) groups is 3. The monoisotopic (exact) mass is 519 g/mol. The van der Waals surface area contributed by atoms with Gasteiger partial charge in [0.1, 0.15) is 15.8 Å². The van der Waals surface area contributed by atoms with Gasteiger partial charge in [-0.15, -0.1) is 23.2 Å². The molecule has 0 bridgehead atoms. The van der Waals surface area contributed by atoms with E-state index in [0.29, 0.717) is 6.42 Å². The number of ether oxygens (including phenoxy) is 1. The summed E-state index contributed by atoms with van der Waals surface area (Å²) in [6, 6.07) is 6.02. The lowest BCUT2D eigenvalue weighted by atomic mass is 10.1. The maximum Gasteiger partial charge on any atom is 0.257 e. The summed E-state index contributed by atoms with van der Waals surface area (Å²) in [7, 11) is 1.38. The Morgan fingerprint density at radius 1 is 1.12 bits per heavy atom. The van der Waals surface area contributed by atoms with Crippen LogP contribution in [0.1, 0.15) is 23.2 Å². The lowest BCUT2D eigenvalue weighted by Gasteiger charge is -2.13. The molecule has 33 heavy (non-hydrogen) atoms. The van der Waals surface area contributed by atoms with Crippen LogP contribution >= 0.6 is 34.8 Å². The molecule has 0 aromatic heterocycles. The van der Waals surface area contributed by atoms with Crippen LogP contribution in [-0.4, -0.2) is 35.8 Å². The van der Waals surface area contributed by atoms with Gasteiger partial charge in [0.25, 0.3) is 5.91 Å². The number of amides is 3. The molecule has 0 heterocycles. The van der Waals surface area contributed by atoms with Crippen LogP contribution in [0.15, 0.2) is 30.3 Å². The zero-order valence-electron chi connectivity index (χ0n) is 17.1. The maximum atomic E-state index is 14.8. The van der Waals surface area contributed by atoms with Gasteiger partial charge < -0.3 is 20.7 Å². The Morgan fingerprint density at radius 3 is 2.45 bits per heavy atom. The Bertz CT molecular complexity index is 1110. The second-order valence-corrected chi connectivity index (χ2v) is 9.18. The van der Waals surface area contributed by atoms with Crippen LogP contribution in [0, 0.1) is 17.6 Å². The molecule has 0 spiro atoms. The third-order valence-electron chi connectivity index (χ3n) is 4.76. The first-order chi connectivity index (χ1) is 15.5. The fourth-order valence-corrected chi connectivity index (χ4v) is 3.56. The third-order valence-corrected chi connectivity index (χ3v) is 5.92. The molecule has 1 fully saturated rings. The first-order valence-electron chi connectivity index (χ1n) is 9.60. The number of hydrogen-bond donors (Lipinski definition) is 3. The van der Waals surface area contributed by atoms with E-state index in [1.807, 2.05) is 0 Å². The number of alkyl halides is 2. The van der Waals surface area contributed by atoms with Crippen molar-refractivity contribution < 1.29 is 27.9 Å². The van der Waals surface area contributed by atoms with Gasteiger partial charge in [0.2, 0.25) is 11.8 Å². The van der Waals surface area contributed by atoms with E-state index in [1.165, 1.54) is 25.3 Å². The van der Waals surface area contributed by atoms with E-state index in [2.05, 4.69) is 16.0 Å². The van der Waals surface area contributed by atoms with Crippen molar-refractivity contribution in [3.05, 3.63) is 52.6 Å². The topological polar surface area (TPSA) is 96.5 Å². The van der Waals surface area contributed by atoms with Gasteiger partial charge in [-0.2, -0.15) is 0 Å². The highest BCUT2D eigenvalue weighted by Crippen LogP contribution is 2.53. The van der Waals surface area contributed by atoms with Gasteiger partial charge in [0, 0.05) is 12.8 Å². The van der Waals surface area contributed by atoms with Crippen molar-refractivity contribution in [3.63, 3.8) is 0 Å². The molecule has 3 amide bonds. The summed E-state index contributed by atoms with van der Waals surface area (Å²) >= 11 is 17.9. The molecular formula is C21H18Cl3F2N3O4. The summed E-state index contributed by atoms with van der Waals surface area (Å²) in [4.78, 5) is 36.7. The van der Waals surface area contributed by atoms with Crippen LogP contribution in [0.2, 0.25) is 5.02 Å². The van der Waals surface area contributed by atoms with Gasteiger partial charge in [0.05, 0.1) is 35.2 Å². The second kappa shape index (κ2) is 10.2. The minimum absolute atomic E-state index is 0.0246. The molecule has 0 radical (unpaired) electrons. The molecule has 0 aliphatic heterocycles. The van der Waals surface area contributed by atoms with E-state index in [0.717, 1.165) is 12.1 Å². The Hall–Kier alpha value is -2.46. The molecule has 3 N–H and O–H groups in total. The Morgan fingerprint density at radius 2 is 1.82 bits per heavy atom. The number of anilines is 3. The zero-order chi connectivity index (χ0) is 24.3. The summed E-state index contributed by atoms with van der Waals surface area (Å²) in [6.45, 7) is 0.0639. The minimum atomic E-state index is -1.18. The standard InChI is InChI=1S/C21H18Cl3F2N3O4/c1-33-7-6-16(30)29-18-14(25)4-5-15(17(18)26)28-19(31)11-8-10(2-3-13(11)22)27-20(32)12-9-21(12,23)24/h2-5,8,12H,6-7,9H2,1H3,(H,27,32)(H,28,31)(H,29,30). The molecule has 1 aliphatic rings. The van der Waals surface area contributed by atoms with Crippen LogP contribution in [0.4, 0.5) is 25.8 Å². The van der Waals surface area contributed by atoms with Gasteiger partial charge in [0.15, 0.2) is 5.82 Å². The van der Waals surface area contributed by atoms with Gasteiger partial charge in [-0.05, 0) is 36.8 Å². The number of nitrogens with one attached hydrogen (secondary N) is 3. The van der Waals surface area contributed by atoms with Crippen molar-refractivity contribution in [3.8, 4) is 0 Å². The fourth-order valence-electron chi connectivity index (χ4n) is 2.85. The number of methoxy groups -OCH3 is 1. The molecule has 7 nitrogen and oxygen atoms in total. The van der Waals surface area contributed by atoms with Gasteiger partial charge in [-0.1, -0.05) is 11.6 Å². The molecule has 1 aliphatic carbocycles. The first kappa shape index (κ1) is 25.2. The first-order valence-corrected chi connectivity index (χ1v) is 10.7. The molecule has 2 aromatic carbocycles. The third kappa shape index (κ3) is 6.11. The van der Waals surface area contributed by atoms with Crippen LogP contribution in [0.3, 0.4) is 0 Å². The van der Waals surface area contributed by atoms with Crippen molar-refractivity contribution >= 4 is 69.6 Å². The van der Waals surface area contributed by atoms with Gasteiger partial charge >= 0.3 is 0 Å². The Labute approximate surface area is 202 Å². The SMILES string of the molecule is COCCC(=O)Nc1c(F)ccc(NC(=O)c2cc(NC(=O)C3CC3(Cl)Cl)ccc2Cl)c1F. The van der Waals surface area contributed by atoms with E-state index in [-0.39, 0.29) is 35.0 Å². The summed E-state index contributed by atoms with van der Waals surface area (Å²) in [5.74, 6) is -4.70. The Balaban J connectivity index is 1.76. The number of benzene rings is 2. The molecule has 2 aromatic rings. The molecule has 1 saturated carbocycles. The fraction of sp³-hybridized carbons (Fsp3) is 0.286. The van der Waals surface area contributed by atoms with E-state index in [9.17, 15) is 23.2 Å². The lowest BCUT2D eigenvalue weighted by Crippen LogP contribution is -2.19. The number of rotatable bonds is 8. The smallest absolute Gasteiger partial charge is 0.257 e. The molecular weight excluding hydrogens is 503 g/mol. The Kier molecular flexibility index (Phi) is 7.79. The highest BCUT2D eigenvalue weighted by Gasteiger charge is 2.56. The van der Waals surface area contributed by atoms with E-state index in [1.54, 1.807) is 0 Å². The summed E-state index contributed by atoms with van der Waals surface area (Å²) in [5.41, 5.74) is -0.934.